The van der Waals surface area contributed by atoms with Crippen molar-refractivity contribution in [1.82, 2.24) is 20.2 Å². The van der Waals surface area contributed by atoms with E-state index in [0.717, 1.165) is 23.4 Å². The van der Waals surface area contributed by atoms with Crippen molar-refractivity contribution in [3.8, 4) is 11.3 Å². The van der Waals surface area contributed by atoms with Gasteiger partial charge in [-0.25, -0.2) is 9.37 Å². The van der Waals surface area contributed by atoms with E-state index in [4.69, 9.17) is 0 Å². The molecule has 1 atom stereocenters. The number of nitrogens with zero attached hydrogens (tertiary/aromatic N) is 2. The van der Waals surface area contributed by atoms with Crippen molar-refractivity contribution in [2.75, 3.05) is 25.1 Å². The molecule has 24 heavy (non-hydrogen) atoms. The van der Waals surface area contributed by atoms with Crippen LogP contribution >= 0.6 is 11.8 Å². The van der Waals surface area contributed by atoms with Gasteiger partial charge in [0, 0.05) is 11.8 Å². The Morgan fingerprint density at radius 3 is 2.96 bits per heavy atom. The van der Waals surface area contributed by atoms with Gasteiger partial charge in [-0.3, -0.25) is 9.69 Å². The second-order valence-corrected chi connectivity index (χ2v) is 7.11. The van der Waals surface area contributed by atoms with Gasteiger partial charge in [-0.05, 0) is 49.1 Å². The first-order chi connectivity index (χ1) is 11.6. The summed E-state index contributed by atoms with van der Waals surface area (Å²) < 4.78 is 13.0. The molecule has 128 valence electrons. The first-order valence-electron chi connectivity index (χ1n) is 7.96. The van der Waals surface area contributed by atoms with Crippen molar-refractivity contribution in [1.29, 1.82) is 0 Å². The molecule has 7 heteroatoms. The van der Waals surface area contributed by atoms with Crippen molar-refractivity contribution < 1.29 is 9.18 Å². The molecule has 2 N–H and O–H groups in total. The van der Waals surface area contributed by atoms with E-state index >= 15 is 0 Å². The van der Waals surface area contributed by atoms with E-state index in [-0.39, 0.29) is 11.7 Å². The summed E-state index contributed by atoms with van der Waals surface area (Å²) in [4.78, 5) is 21.6. The number of carbonyl (C=O) groups is 1. The lowest BCUT2D eigenvalue weighted by Crippen LogP contribution is -2.40. The summed E-state index contributed by atoms with van der Waals surface area (Å²) in [6.45, 7) is 0.754. The molecule has 1 aliphatic heterocycles. The third-order valence-electron chi connectivity index (χ3n) is 4.16. The number of thioether (sulfide) groups is 1. The van der Waals surface area contributed by atoms with Gasteiger partial charge in [-0.15, -0.1) is 0 Å². The molecule has 0 bridgehead atoms. The van der Waals surface area contributed by atoms with E-state index in [1.54, 1.807) is 18.3 Å². The second kappa shape index (κ2) is 7.81. The molecule has 1 aromatic carbocycles. The van der Waals surface area contributed by atoms with Crippen LogP contribution in [0.1, 0.15) is 12.2 Å². The second-order valence-electron chi connectivity index (χ2n) is 5.96. The SMILES string of the molecule is CN(CC(=O)NCc1ncc(-c2ccc(F)cc2)[nH]1)[C@@H]1CCSC1. The van der Waals surface area contributed by atoms with E-state index in [1.807, 2.05) is 18.8 Å². The quantitative estimate of drug-likeness (QED) is 0.841. The lowest BCUT2D eigenvalue weighted by atomic mass is 10.2. The van der Waals surface area contributed by atoms with Crippen LogP contribution < -0.4 is 5.32 Å². The Kier molecular flexibility index (Phi) is 5.52. The van der Waals surface area contributed by atoms with E-state index in [9.17, 15) is 9.18 Å². The van der Waals surface area contributed by atoms with Crippen molar-refractivity contribution in [3.63, 3.8) is 0 Å². The number of aromatic amines is 1. The number of H-pyrrole nitrogens is 1. The first-order valence-corrected chi connectivity index (χ1v) is 9.12. The monoisotopic (exact) mass is 348 g/mol. The maximum Gasteiger partial charge on any atom is 0.234 e. The first kappa shape index (κ1) is 17.0. The number of benzene rings is 1. The van der Waals surface area contributed by atoms with Crippen molar-refractivity contribution >= 4 is 17.7 Å². The fourth-order valence-corrected chi connectivity index (χ4v) is 3.99. The number of amides is 1. The lowest BCUT2D eigenvalue weighted by Gasteiger charge is -2.22. The van der Waals surface area contributed by atoms with E-state index in [0.29, 0.717) is 25.0 Å². The molecule has 3 rings (SSSR count). The Balaban J connectivity index is 1.49. The maximum atomic E-state index is 13.0. The van der Waals surface area contributed by atoms with Crippen LogP contribution in [0.4, 0.5) is 4.39 Å². The smallest absolute Gasteiger partial charge is 0.234 e. The average molecular weight is 348 g/mol. The molecule has 0 spiro atoms. The molecular weight excluding hydrogens is 327 g/mol. The van der Waals surface area contributed by atoms with Gasteiger partial charge >= 0.3 is 0 Å². The molecule has 2 heterocycles. The number of carbonyl (C=O) groups excluding carboxylic acids is 1. The molecule has 0 aliphatic carbocycles. The summed E-state index contributed by atoms with van der Waals surface area (Å²) in [7, 11) is 2.00. The van der Waals surface area contributed by atoms with Crippen molar-refractivity contribution in [2.24, 2.45) is 0 Å². The number of rotatable bonds is 6. The lowest BCUT2D eigenvalue weighted by molar-refractivity contribution is -0.122. The Bertz CT molecular complexity index is 682. The minimum Gasteiger partial charge on any atom is -0.348 e. The average Bonchev–Trinajstić information content (AvgIpc) is 3.25. The molecule has 0 radical (unpaired) electrons. The summed E-state index contributed by atoms with van der Waals surface area (Å²) in [5, 5.41) is 2.89. The highest BCUT2D eigenvalue weighted by atomic mass is 32.2. The fourth-order valence-electron chi connectivity index (χ4n) is 2.69. The normalized spacial score (nSPS) is 17.4. The van der Waals surface area contributed by atoms with Crippen LogP contribution in [0.2, 0.25) is 0 Å². The van der Waals surface area contributed by atoms with Crippen LogP contribution in [-0.2, 0) is 11.3 Å². The van der Waals surface area contributed by atoms with E-state index in [1.165, 1.54) is 17.9 Å². The topological polar surface area (TPSA) is 61.0 Å². The van der Waals surface area contributed by atoms with Crippen molar-refractivity contribution in [2.45, 2.75) is 19.0 Å². The minimum absolute atomic E-state index is 0.00543. The van der Waals surface area contributed by atoms with Gasteiger partial charge in [0.05, 0.1) is 25.0 Å². The Hall–Kier alpha value is -1.86. The summed E-state index contributed by atoms with van der Waals surface area (Å²) in [5.74, 6) is 2.68. The number of imidazole rings is 1. The zero-order valence-corrected chi connectivity index (χ0v) is 14.4. The Morgan fingerprint density at radius 2 is 2.25 bits per heavy atom. The highest BCUT2D eigenvalue weighted by Gasteiger charge is 2.21. The maximum absolute atomic E-state index is 13.0. The number of halogens is 1. The number of aromatic nitrogens is 2. The molecule has 1 saturated heterocycles. The van der Waals surface area contributed by atoms with E-state index < -0.39 is 0 Å². The van der Waals surface area contributed by atoms with Gasteiger partial charge in [0.2, 0.25) is 5.91 Å². The Labute approximate surface area is 145 Å². The number of hydrogen-bond donors (Lipinski definition) is 2. The molecule has 1 amide bonds. The summed E-state index contributed by atoms with van der Waals surface area (Å²) in [5.41, 5.74) is 1.67. The third kappa shape index (κ3) is 4.36. The van der Waals surface area contributed by atoms with Crippen LogP contribution in [0, 0.1) is 5.82 Å². The molecule has 0 saturated carbocycles. The van der Waals surface area contributed by atoms with Crippen LogP contribution in [0.25, 0.3) is 11.3 Å². The zero-order valence-electron chi connectivity index (χ0n) is 13.6. The summed E-state index contributed by atoms with van der Waals surface area (Å²) in [6.07, 6.45) is 2.84. The largest absolute Gasteiger partial charge is 0.348 e. The number of nitrogens with one attached hydrogen (secondary N) is 2. The molecule has 1 aliphatic rings. The Morgan fingerprint density at radius 1 is 1.46 bits per heavy atom. The summed E-state index contributed by atoms with van der Waals surface area (Å²) in [6, 6.07) is 6.71. The molecule has 0 unspecified atom stereocenters. The molecule has 1 aromatic heterocycles. The van der Waals surface area contributed by atoms with Crippen LogP contribution in [0.3, 0.4) is 0 Å². The fraction of sp³-hybridized carbons (Fsp3) is 0.412. The standard InChI is InChI=1S/C17H21FN4OS/c1-22(14-6-7-24-11-14)10-17(23)20-9-16-19-8-15(21-16)12-2-4-13(18)5-3-12/h2-5,8,14H,6-7,9-11H2,1H3,(H,19,21)(H,20,23)/t14-/m1/s1. The molecular formula is C17H21FN4OS. The van der Waals surface area contributed by atoms with Gasteiger partial charge in [0.15, 0.2) is 0 Å². The number of likely N-dealkylation sites (N-methyl/N-ethyl adjacent to an activating group) is 1. The van der Waals surface area contributed by atoms with Gasteiger partial charge in [0.25, 0.3) is 0 Å². The van der Waals surface area contributed by atoms with Crippen LogP contribution in [0.15, 0.2) is 30.5 Å². The minimum atomic E-state index is -0.268. The predicted molar refractivity (Wildman–Crippen MR) is 94.2 cm³/mol. The van der Waals surface area contributed by atoms with Gasteiger partial charge in [0.1, 0.15) is 11.6 Å². The third-order valence-corrected chi connectivity index (χ3v) is 5.30. The van der Waals surface area contributed by atoms with Crippen molar-refractivity contribution in [3.05, 3.63) is 42.1 Å². The van der Waals surface area contributed by atoms with Gasteiger partial charge < -0.3 is 10.3 Å². The molecule has 2 aromatic rings. The van der Waals surface area contributed by atoms with E-state index in [2.05, 4.69) is 20.2 Å². The zero-order chi connectivity index (χ0) is 16.9. The molecule has 1 fully saturated rings. The predicted octanol–water partition coefficient (Wildman–Crippen LogP) is 2.27. The summed E-state index contributed by atoms with van der Waals surface area (Å²) >= 11 is 1.94. The number of hydrogen-bond acceptors (Lipinski definition) is 4. The van der Waals surface area contributed by atoms with Crippen LogP contribution in [0.5, 0.6) is 0 Å². The van der Waals surface area contributed by atoms with Gasteiger partial charge in [-0.1, -0.05) is 0 Å². The highest BCUT2D eigenvalue weighted by Crippen LogP contribution is 2.21. The highest BCUT2D eigenvalue weighted by molar-refractivity contribution is 7.99. The molecule has 5 nitrogen and oxygen atoms in total. The van der Waals surface area contributed by atoms with Crippen LogP contribution in [-0.4, -0.2) is 51.9 Å². The van der Waals surface area contributed by atoms with Gasteiger partial charge in [-0.2, -0.15) is 11.8 Å².